The lowest BCUT2D eigenvalue weighted by molar-refractivity contribution is -0.118. The van der Waals surface area contributed by atoms with Crippen LogP contribution in [0.25, 0.3) is 0 Å². The maximum Gasteiger partial charge on any atom is 0.339 e. The molecule has 20 heavy (non-hydrogen) atoms. The fourth-order valence-electron chi connectivity index (χ4n) is 1.53. The van der Waals surface area contributed by atoms with E-state index in [4.69, 9.17) is 5.73 Å². The molecule has 0 aliphatic heterocycles. The number of ether oxygens (including phenoxy) is 1. The van der Waals surface area contributed by atoms with Gasteiger partial charge in [0, 0.05) is 13.0 Å². The van der Waals surface area contributed by atoms with Crippen molar-refractivity contribution < 1.29 is 22.7 Å². The predicted octanol–water partition coefficient (Wildman–Crippen LogP) is 0.0170. The summed E-state index contributed by atoms with van der Waals surface area (Å²) < 4.78 is 31.0. The number of primary amides is 1. The van der Waals surface area contributed by atoms with Crippen LogP contribution >= 0.6 is 0 Å². The number of hydrogen-bond donors (Lipinski definition) is 2. The minimum atomic E-state index is -3.85. The SMILES string of the molecule is COC(=O)c1ccccc1S(=O)(=O)NCCCC(N)=O. The van der Waals surface area contributed by atoms with Gasteiger partial charge in [0.2, 0.25) is 15.9 Å². The van der Waals surface area contributed by atoms with Crippen LogP contribution < -0.4 is 10.5 Å². The standard InChI is InChI=1S/C12H16N2O5S/c1-19-12(16)9-5-2-3-6-10(9)20(17,18)14-8-4-7-11(13)15/h2-3,5-6,14H,4,7-8H2,1H3,(H2,13,15). The first-order valence-electron chi connectivity index (χ1n) is 5.84. The number of rotatable bonds is 7. The molecule has 0 radical (unpaired) electrons. The highest BCUT2D eigenvalue weighted by atomic mass is 32.2. The van der Waals surface area contributed by atoms with Gasteiger partial charge in [0.1, 0.15) is 0 Å². The normalized spacial score (nSPS) is 11.1. The zero-order valence-corrected chi connectivity index (χ0v) is 11.8. The molecule has 0 atom stereocenters. The van der Waals surface area contributed by atoms with Gasteiger partial charge in [0.05, 0.1) is 17.6 Å². The van der Waals surface area contributed by atoms with Crippen LogP contribution in [0.2, 0.25) is 0 Å². The Morgan fingerprint density at radius 3 is 2.55 bits per heavy atom. The molecule has 7 nitrogen and oxygen atoms in total. The van der Waals surface area contributed by atoms with E-state index in [-0.39, 0.29) is 29.8 Å². The molecule has 1 aromatic rings. The number of carbonyl (C=O) groups excluding carboxylic acids is 2. The summed E-state index contributed by atoms with van der Waals surface area (Å²) in [6.07, 6.45) is 0.371. The Bertz CT molecular complexity index is 598. The summed E-state index contributed by atoms with van der Waals surface area (Å²) in [5, 5.41) is 0. The van der Waals surface area contributed by atoms with Gasteiger partial charge in [-0.3, -0.25) is 4.79 Å². The third kappa shape index (κ3) is 4.32. The highest BCUT2D eigenvalue weighted by Gasteiger charge is 2.21. The zero-order chi connectivity index (χ0) is 15.2. The summed E-state index contributed by atoms with van der Waals surface area (Å²) in [4.78, 5) is 21.9. The van der Waals surface area contributed by atoms with Gasteiger partial charge in [-0.25, -0.2) is 17.9 Å². The van der Waals surface area contributed by atoms with E-state index in [9.17, 15) is 18.0 Å². The molecule has 0 saturated carbocycles. The van der Waals surface area contributed by atoms with Gasteiger partial charge < -0.3 is 10.5 Å². The number of hydrogen-bond acceptors (Lipinski definition) is 5. The molecule has 0 bridgehead atoms. The Hall–Kier alpha value is -1.93. The van der Waals surface area contributed by atoms with Crippen molar-refractivity contribution in [3.63, 3.8) is 0 Å². The molecular formula is C12H16N2O5S. The van der Waals surface area contributed by atoms with Crippen LogP contribution in [0.4, 0.5) is 0 Å². The molecule has 3 N–H and O–H groups in total. The van der Waals surface area contributed by atoms with E-state index in [0.717, 1.165) is 0 Å². The monoisotopic (exact) mass is 300 g/mol. The Balaban J connectivity index is 2.87. The van der Waals surface area contributed by atoms with E-state index in [1.165, 1.54) is 25.3 Å². The quantitative estimate of drug-likeness (QED) is 0.544. The Kier molecular flexibility index (Phi) is 5.66. The maximum atomic E-state index is 12.1. The van der Waals surface area contributed by atoms with Crippen molar-refractivity contribution >= 4 is 21.9 Å². The Labute approximate surface area is 117 Å². The van der Waals surface area contributed by atoms with Crippen molar-refractivity contribution in [1.82, 2.24) is 4.72 Å². The molecule has 0 heterocycles. The summed E-state index contributed by atoms with van der Waals surface area (Å²) in [5.74, 6) is -1.23. The van der Waals surface area contributed by atoms with E-state index >= 15 is 0 Å². The maximum absolute atomic E-state index is 12.1. The van der Waals surface area contributed by atoms with Crippen LogP contribution in [0.1, 0.15) is 23.2 Å². The third-order valence-corrected chi connectivity index (χ3v) is 3.99. The minimum Gasteiger partial charge on any atom is -0.465 e. The number of carbonyl (C=O) groups is 2. The van der Waals surface area contributed by atoms with Gasteiger partial charge in [-0.15, -0.1) is 0 Å². The first-order chi connectivity index (χ1) is 9.38. The Morgan fingerprint density at radius 2 is 1.95 bits per heavy atom. The summed E-state index contributed by atoms with van der Waals surface area (Å²) in [5.41, 5.74) is 4.91. The second-order valence-corrected chi connectivity index (χ2v) is 5.69. The van der Waals surface area contributed by atoms with E-state index in [2.05, 4.69) is 9.46 Å². The van der Waals surface area contributed by atoms with Crippen LogP contribution in [0.5, 0.6) is 0 Å². The lowest BCUT2D eigenvalue weighted by Crippen LogP contribution is -2.27. The van der Waals surface area contributed by atoms with E-state index in [0.29, 0.717) is 0 Å². The molecule has 0 saturated heterocycles. The molecular weight excluding hydrogens is 284 g/mol. The largest absolute Gasteiger partial charge is 0.465 e. The van der Waals surface area contributed by atoms with Gasteiger partial charge >= 0.3 is 5.97 Å². The topological polar surface area (TPSA) is 116 Å². The van der Waals surface area contributed by atoms with Gasteiger partial charge in [0.25, 0.3) is 0 Å². The predicted molar refractivity (Wildman–Crippen MR) is 71.4 cm³/mol. The van der Waals surface area contributed by atoms with E-state index < -0.39 is 21.9 Å². The first-order valence-corrected chi connectivity index (χ1v) is 7.32. The smallest absolute Gasteiger partial charge is 0.339 e. The molecule has 0 unspecified atom stereocenters. The highest BCUT2D eigenvalue weighted by Crippen LogP contribution is 2.16. The van der Waals surface area contributed by atoms with Crippen LogP contribution in [0.3, 0.4) is 0 Å². The number of benzene rings is 1. The molecule has 0 aliphatic carbocycles. The molecule has 1 rings (SSSR count). The summed E-state index contributed by atoms with van der Waals surface area (Å²) in [6.45, 7) is 0.0563. The molecule has 0 aromatic heterocycles. The van der Waals surface area contributed by atoms with Crippen LogP contribution in [0, 0.1) is 0 Å². The molecule has 1 aromatic carbocycles. The molecule has 8 heteroatoms. The van der Waals surface area contributed by atoms with E-state index in [1.54, 1.807) is 6.07 Å². The lowest BCUT2D eigenvalue weighted by Gasteiger charge is -2.09. The Morgan fingerprint density at radius 1 is 1.30 bits per heavy atom. The molecule has 1 amide bonds. The highest BCUT2D eigenvalue weighted by molar-refractivity contribution is 7.89. The lowest BCUT2D eigenvalue weighted by atomic mass is 10.2. The number of nitrogens with two attached hydrogens (primary N) is 1. The number of methoxy groups -OCH3 is 1. The summed E-state index contributed by atoms with van der Waals surface area (Å²) in [6, 6.07) is 5.72. The van der Waals surface area contributed by atoms with Gasteiger partial charge in [0.15, 0.2) is 0 Å². The van der Waals surface area contributed by atoms with Crippen molar-refractivity contribution in [3.05, 3.63) is 29.8 Å². The van der Waals surface area contributed by atoms with Crippen LogP contribution in [0.15, 0.2) is 29.2 Å². The molecule has 0 spiro atoms. The van der Waals surface area contributed by atoms with Crippen molar-refractivity contribution in [1.29, 1.82) is 0 Å². The number of sulfonamides is 1. The molecule has 110 valence electrons. The average molecular weight is 300 g/mol. The number of esters is 1. The van der Waals surface area contributed by atoms with Crippen molar-refractivity contribution in [3.8, 4) is 0 Å². The molecule has 0 aliphatic rings. The van der Waals surface area contributed by atoms with Crippen LogP contribution in [-0.2, 0) is 19.6 Å². The van der Waals surface area contributed by atoms with Gasteiger partial charge in [-0.1, -0.05) is 12.1 Å². The summed E-state index contributed by atoms with van der Waals surface area (Å²) in [7, 11) is -2.67. The van der Waals surface area contributed by atoms with Crippen LogP contribution in [-0.4, -0.2) is 33.9 Å². The summed E-state index contributed by atoms with van der Waals surface area (Å²) >= 11 is 0. The minimum absolute atomic E-state index is 0.0441. The third-order valence-electron chi connectivity index (χ3n) is 2.47. The first kappa shape index (κ1) is 16.1. The fraction of sp³-hybridized carbons (Fsp3) is 0.333. The van der Waals surface area contributed by atoms with Gasteiger partial charge in [-0.2, -0.15) is 0 Å². The average Bonchev–Trinajstić information content (AvgIpc) is 2.42. The van der Waals surface area contributed by atoms with Crippen molar-refractivity contribution in [2.75, 3.05) is 13.7 Å². The second kappa shape index (κ2) is 7.01. The number of amides is 1. The van der Waals surface area contributed by atoms with Gasteiger partial charge in [-0.05, 0) is 18.6 Å². The molecule has 0 fully saturated rings. The fourth-order valence-corrected chi connectivity index (χ4v) is 2.79. The second-order valence-electron chi connectivity index (χ2n) is 3.96. The van der Waals surface area contributed by atoms with Crippen molar-refractivity contribution in [2.24, 2.45) is 5.73 Å². The zero-order valence-electron chi connectivity index (χ0n) is 11.0. The number of nitrogens with one attached hydrogen (secondary N) is 1. The van der Waals surface area contributed by atoms with E-state index in [1.807, 2.05) is 0 Å². The van der Waals surface area contributed by atoms with Crippen molar-refractivity contribution in [2.45, 2.75) is 17.7 Å².